The molecule has 1 aliphatic carbocycles. The Hall–Kier alpha value is -1.06. The minimum absolute atomic E-state index is 0.341. The number of hydrogen-bond donors (Lipinski definition) is 1. The topological polar surface area (TPSA) is 32.5 Å². The van der Waals surface area contributed by atoms with Gasteiger partial charge in [-0.3, -0.25) is 4.90 Å². The first-order chi connectivity index (χ1) is 9.66. The number of nitrogens with zero attached hydrogens (tertiary/aromatic N) is 2. The molecule has 1 aromatic carbocycles. The van der Waals surface area contributed by atoms with E-state index in [1.807, 2.05) is 0 Å². The summed E-state index contributed by atoms with van der Waals surface area (Å²) in [4.78, 5) is 5.19. The lowest BCUT2D eigenvalue weighted by Gasteiger charge is -2.53. The fourth-order valence-electron chi connectivity index (χ4n) is 3.73. The molecular formula is C17H27N3. The van der Waals surface area contributed by atoms with Crippen LogP contribution in [0.1, 0.15) is 30.4 Å². The Morgan fingerprint density at radius 1 is 1.10 bits per heavy atom. The number of anilines is 1. The van der Waals surface area contributed by atoms with Gasteiger partial charge in [0.2, 0.25) is 0 Å². The van der Waals surface area contributed by atoms with E-state index in [1.54, 1.807) is 0 Å². The predicted octanol–water partition coefficient (Wildman–Crippen LogP) is 2.31. The minimum Gasteiger partial charge on any atom is -0.369 e. The van der Waals surface area contributed by atoms with Crippen LogP contribution in [0.3, 0.4) is 0 Å². The van der Waals surface area contributed by atoms with Crippen LogP contribution in [0.25, 0.3) is 0 Å². The molecule has 0 spiro atoms. The molecule has 0 amide bonds. The summed E-state index contributed by atoms with van der Waals surface area (Å²) in [5.74, 6) is 0. The summed E-state index contributed by atoms with van der Waals surface area (Å²) in [5.41, 5.74) is 10.6. The number of hydrogen-bond acceptors (Lipinski definition) is 3. The van der Waals surface area contributed by atoms with Gasteiger partial charge in [0.05, 0.1) is 0 Å². The molecule has 2 N–H and O–H groups in total. The first-order valence-electron chi connectivity index (χ1n) is 7.93. The Morgan fingerprint density at radius 2 is 1.80 bits per heavy atom. The van der Waals surface area contributed by atoms with E-state index in [2.05, 4.69) is 41.8 Å². The van der Waals surface area contributed by atoms with Gasteiger partial charge in [-0.05, 0) is 50.3 Å². The van der Waals surface area contributed by atoms with E-state index >= 15 is 0 Å². The Kier molecular flexibility index (Phi) is 3.74. The second-order valence-electron chi connectivity index (χ2n) is 6.48. The standard InChI is InChI=1S/C17H27N3/c1-14-5-3-6-16(15(14)2)19-9-11-20(12-10-19)17(13-18)7-4-8-17/h3,5-6H,4,7-13,18H2,1-2H3. The van der Waals surface area contributed by atoms with E-state index < -0.39 is 0 Å². The highest BCUT2D eigenvalue weighted by atomic mass is 15.3. The second-order valence-corrected chi connectivity index (χ2v) is 6.48. The summed E-state index contributed by atoms with van der Waals surface area (Å²) in [7, 11) is 0. The summed E-state index contributed by atoms with van der Waals surface area (Å²) in [5, 5.41) is 0. The van der Waals surface area contributed by atoms with E-state index in [0.717, 1.165) is 32.7 Å². The van der Waals surface area contributed by atoms with Crippen molar-refractivity contribution >= 4 is 5.69 Å². The van der Waals surface area contributed by atoms with Gasteiger partial charge in [0, 0.05) is 44.0 Å². The van der Waals surface area contributed by atoms with Crippen molar-refractivity contribution in [1.82, 2.24) is 4.90 Å². The molecule has 3 heteroatoms. The highest BCUT2D eigenvalue weighted by molar-refractivity contribution is 5.56. The number of nitrogens with two attached hydrogens (primary N) is 1. The fraction of sp³-hybridized carbons (Fsp3) is 0.647. The summed E-state index contributed by atoms with van der Waals surface area (Å²) in [6.07, 6.45) is 3.95. The Labute approximate surface area is 122 Å². The second kappa shape index (κ2) is 5.38. The lowest BCUT2D eigenvalue weighted by Crippen LogP contribution is -2.63. The summed E-state index contributed by atoms with van der Waals surface area (Å²) in [6, 6.07) is 6.64. The van der Waals surface area contributed by atoms with Crippen LogP contribution in [-0.4, -0.2) is 43.2 Å². The smallest absolute Gasteiger partial charge is 0.0399 e. The maximum atomic E-state index is 6.03. The zero-order chi connectivity index (χ0) is 14.2. The number of piperazine rings is 1. The maximum absolute atomic E-state index is 6.03. The van der Waals surface area contributed by atoms with Gasteiger partial charge >= 0.3 is 0 Å². The van der Waals surface area contributed by atoms with E-state index in [4.69, 9.17) is 5.73 Å². The molecule has 3 rings (SSSR count). The molecule has 1 aliphatic heterocycles. The largest absolute Gasteiger partial charge is 0.369 e. The lowest BCUT2D eigenvalue weighted by molar-refractivity contribution is 0.0192. The summed E-state index contributed by atoms with van der Waals surface area (Å²) >= 11 is 0. The third-order valence-electron chi connectivity index (χ3n) is 5.53. The molecule has 2 fully saturated rings. The van der Waals surface area contributed by atoms with Crippen molar-refractivity contribution in [2.75, 3.05) is 37.6 Å². The van der Waals surface area contributed by atoms with Crippen molar-refractivity contribution in [1.29, 1.82) is 0 Å². The molecule has 1 saturated carbocycles. The Morgan fingerprint density at radius 3 is 2.35 bits per heavy atom. The fourth-order valence-corrected chi connectivity index (χ4v) is 3.73. The van der Waals surface area contributed by atoms with Gasteiger partial charge in [0.1, 0.15) is 0 Å². The number of aryl methyl sites for hydroxylation is 1. The minimum atomic E-state index is 0.341. The van der Waals surface area contributed by atoms with Crippen molar-refractivity contribution in [3.05, 3.63) is 29.3 Å². The van der Waals surface area contributed by atoms with Gasteiger partial charge < -0.3 is 10.6 Å². The molecule has 0 atom stereocenters. The zero-order valence-electron chi connectivity index (χ0n) is 12.9. The molecule has 0 bridgehead atoms. The Balaban J connectivity index is 1.68. The van der Waals surface area contributed by atoms with Crippen LogP contribution in [0.2, 0.25) is 0 Å². The van der Waals surface area contributed by atoms with Gasteiger partial charge in [-0.25, -0.2) is 0 Å². The van der Waals surface area contributed by atoms with Gasteiger partial charge in [-0.1, -0.05) is 12.1 Å². The van der Waals surface area contributed by atoms with Crippen molar-refractivity contribution in [2.45, 2.75) is 38.6 Å². The van der Waals surface area contributed by atoms with Crippen LogP contribution in [0.15, 0.2) is 18.2 Å². The van der Waals surface area contributed by atoms with Gasteiger partial charge in [-0.15, -0.1) is 0 Å². The zero-order valence-corrected chi connectivity index (χ0v) is 12.9. The van der Waals surface area contributed by atoms with Crippen LogP contribution in [0.5, 0.6) is 0 Å². The molecular weight excluding hydrogens is 246 g/mol. The molecule has 3 nitrogen and oxygen atoms in total. The highest BCUT2D eigenvalue weighted by Gasteiger charge is 2.42. The quantitative estimate of drug-likeness (QED) is 0.917. The van der Waals surface area contributed by atoms with Crippen LogP contribution in [0.4, 0.5) is 5.69 Å². The molecule has 110 valence electrons. The molecule has 2 aliphatic rings. The Bertz CT molecular complexity index is 466. The highest BCUT2D eigenvalue weighted by Crippen LogP contribution is 2.37. The number of benzene rings is 1. The average molecular weight is 273 g/mol. The lowest BCUT2D eigenvalue weighted by atomic mass is 9.75. The SMILES string of the molecule is Cc1cccc(N2CCN(C3(CN)CCC3)CC2)c1C. The third kappa shape index (κ3) is 2.23. The molecule has 1 saturated heterocycles. The van der Waals surface area contributed by atoms with E-state index in [9.17, 15) is 0 Å². The summed E-state index contributed by atoms with van der Waals surface area (Å²) in [6.45, 7) is 9.85. The first-order valence-corrected chi connectivity index (χ1v) is 7.93. The number of rotatable bonds is 3. The molecule has 1 aromatic rings. The van der Waals surface area contributed by atoms with Crippen molar-refractivity contribution in [3.63, 3.8) is 0 Å². The van der Waals surface area contributed by atoms with Gasteiger partial charge in [0.15, 0.2) is 0 Å². The monoisotopic (exact) mass is 273 g/mol. The molecule has 0 radical (unpaired) electrons. The van der Waals surface area contributed by atoms with Crippen molar-refractivity contribution in [3.8, 4) is 0 Å². The molecule has 20 heavy (non-hydrogen) atoms. The third-order valence-corrected chi connectivity index (χ3v) is 5.53. The summed E-state index contributed by atoms with van der Waals surface area (Å²) < 4.78 is 0. The maximum Gasteiger partial charge on any atom is 0.0399 e. The average Bonchev–Trinajstić information content (AvgIpc) is 2.42. The van der Waals surface area contributed by atoms with Crippen molar-refractivity contribution in [2.24, 2.45) is 5.73 Å². The molecule has 0 unspecified atom stereocenters. The molecule has 1 heterocycles. The van der Waals surface area contributed by atoms with Gasteiger partial charge in [0.25, 0.3) is 0 Å². The van der Waals surface area contributed by atoms with E-state index in [1.165, 1.54) is 36.1 Å². The van der Waals surface area contributed by atoms with Crippen molar-refractivity contribution < 1.29 is 0 Å². The molecule has 0 aromatic heterocycles. The van der Waals surface area contributed by atoms with Crippen LogP contribution in [0, 0.1) is 13.8 Å². The first kappa shape index (κ1) is 13.9. The van der Waals surface area contributed by atoms with E-state index in [0.29, 0.717) is 5.54 Å². The van der Waals surface area contributed by atoms with Crippen LogP contribution >= 0.6 is 0 Å². The normalized spacial score (nSPS) is 22.6. The van der Waals surface area contributed by atoms with Crippen LogP contribution in [-0.2, 0) is 0 Å². The van der Waals surface area contributed by atoms with Gasteiger partial charge in [-0.2, -0.15) is 0 Å². The van der Waals surface area contributed by atoms with E-state index in [-0.39, 0.29) is 0 Å². The predicted molar refractivity (Wildman–Crippen MR) is 85.3 cm³/mol. The van der Waals surface area contributed by atoms with Crippen LogP contribution < -0.4 is 10.6 Å².